The summed E-state index contributed by atoms with van der Waals surface area (Å²) in [7, 11) is 0.663. The van der Waals surface area contributed by atoms with Crippen molar-refractivity contribution in [3.05, 3.63) is 29.6 Å². The molecule has 0 unspecified atom stereocenters. The van der Waals surface area contributed by atoms with E-state index in [0.717, 1.165) is 10.4 Å². The number of aliphatic hydroxyl groups is 1. The zero-order valence-electron chi connectivity index (χ0n) is 13.8. The molecule has 0 aliphatic carbocycles. The predicted molar refractivity (Wildman–Crippen MR) is 85.8 cm³/mol. The number of ether oxygens (including phenoxy) is 1. The van der Waals surface area contributed by atoms with Gasteiger partial charge in [0.05, 0.1) is 19.0 Å². The molecule has 7 nitrogen and oxygen atoms in total. The van der Waals surface area contributed by atoms with E-state index in [1.54, 1.807) is 0 Å². The van der Waals surface area contributed by atoms with Crippen LogP contribution in [0.4, 0.5) is 4.39 Å². The summed E-state index contributed by atoms with van der Waals surface area (Å²) in [6.07, 6.45) is -0.925. The largest absolute Gasteiger partial charge is 0.494 e. The Kier molecular flexibility index (Phi) is 5.46. The number of hydrogen-bond acceptors (Lipinski definition) is 5. The maximum absolute atomic E-state index is 13.4. The summed E-state index contributed by atoms with van der Waals surface area (Å²) < 4.78 is 43.3. The summed E-state index contributed by atoms with van der Waals surface area (Å²) in [5.41, 5.74) is 0.219. The van der Waals surface area contributed by atoms with Gasteiger partial charge in [0, 0.05) is 38.7 Å². The third-order valence-electron chi connectivity index (χ3n) is 4.07. The number of nitrogens with zero attached hydrogens (tertiary/aromatic N) is 2. The van der Waals surface area contributed by atoms with Gasteiger partial charge in [-0.25, -0.2) is 17.1 Å². The van der Waals surface area contributed by atoms with Gasteiger partial charge in [0.25, 0.3) is 5.91 Å². The van der Waals surface area contributed by atoms with Crippen molar-refractivity contribution in [3.8, 4) is 5.75 Å². The van der Waals surface area contributed by atoms with Crippen molar-refractivity contribution in [3.63, 3.8) is 0 Å². The number of amides is 1. The van der Waals surface area contributed by atoms with Gasteiger partial charge in [0.1, 0.15) is 0 Å². The number of β-amino-alcohol motifs (C(OH)–C–C–N with tert-alkyl or cyclic N) is 1. The second-order valence-corrected chi connectivity index (χ2v) is 8.18. The van der Waals surface area contributed by atoms with Crippen LogP contribution in [-0.4, -0.2) is 74.8 Å². The molecule has 9 heteroatoms. The SMILES string of the molecule is COc1cc(C(=O)N2C[C@@H](CS(=O)(=O)N(C)C)[C@H](O)C2)ccc1F. The van der Waals surface area contributed by atoms with Crippen LogP contribution in [0.15, 0.2) is 18.2 Å². The van der Waals surface area contributed by atoms with Crippen LogP contribution in [0.25, 0.3) is 0 Å². The standard InChI is InChI=1S/C15H21FN2O5S/c1-17(2)24(21,22)9-11-7-18(8-13(11)19)15(20)10-4-5-12(16)14(6-10)23-3/h4-6,11,13,19H,7-9H2,1-3H3/t11-,13+/m0/s1. The molecule has 1 aliphatic rings. The fourth-order valence-electron chi connectivity index (χ4n) is 2.58. The van der Waals surface area contributed by atoms with Gasteiger partial charge in [0.2, 0.25) is 10.0 Å². The van der Waals surface area contributed by atoms with Crippen LogP contribution in [0.2, 0.25) is 0 Å². The minimum Gasteiger partial charge on any atom is -0.494 e. The number of carbonyl (C=O) groups excluding carboxylic acids is 1. The van der Waals surface area contributed by atoms with Crippen LogP contribution in [-0.2, 0) is 10.0 Å². The summed E-state index contributed by atoms with van der Waals surface area (Å²) >= 11 is 0. The lowest BCUT2D eigenvalue weighted by atomic mass is 10.1. The lowest BCUT2D eigenvalue weighted by Gasteiger charge is -2.18. The highest BCUT2D eigenvalue weighted by atomic mass is 32.2. The van der Waals surface area contributed by atoms with Crippen LogP contribution in [0, 0.1) is 11.7 Å². The maximum Gasteiger partial charge on any atom is 0.254 e. The lowest BCUT2D eigenvalue weighted by Crippen LogP contribution is -2.33. The highest BCUT2D eigenvalue weighted by molar-refractivity contribution is 7.89. The molecule has 2 atom stereocenters. The third kappa shape index (κ3) is 3.85. The Morgan fingerprint density at radius 3 is 2.67 bits per heavy atom. The first-order chi connectivity index (χ1) is 11.2. The summed E-state index contributed by atoms with van der Waals surface area (Å²) in [6.45, 7) is 0.152. The van der Waals surface area contributed by atoms with Crippen LogP contribution >= 0.6 is 0 Å². The summed E-state index contributed by atoms with van der Waals surface area (Å²) in [5, 5.41) is 10.1. The van der Waals surface area contributed by atoms with E-state index >= 15 is 0 Å². The van der Waals surface area contributed by atoms with Crippen molar-refractivity contribution in [1.82, 2.24) is 9.21 Å². The number of methoxy groups -OCH3 is 1. The molecule has 2 rings (SSSR count). The zero-order valence-corrected chi connectivity index (χ0v) is 14.6. The molecule has 0 saturated carbocycles. The molecule has 1 saturated heterocycles. The molecule has 0 aromatic heterocycles. The topological polar surface area (TPSA) is 87.2 Å². The smallest absolute Gasteiger partial charge is 0.254 e. The third-order valence-corrected chi connectivity index (χ3v) is 6.03. The fraction of sp³-hybridized carbons (Fsp3) is 0.533. The Bertz CT molecular complexity index is 723. The average Bonchev–Trinajstić information content (AvgIpc) is 2.87. The van der Waals surface area contributed by atoms with Crippen LogP contribution in [0.1, 0.15) is 10.4 Å². The predicted octanol–water partition coefficient (Wildman–Crippen LogP) is 0.159. The quantitative estimate of drug-likeness (QED) is 0.808. The highest BCUT2D eigenvalue weighted by Gasteiger charge is 2.37. The number of hydrogen-bond donors (Lipinski definition) is 1. The van der Waals surface area contributed by atoms with Gasteiger partial charge >= 0.3 is 0 Å². The number of likely N-dealkylation sites (tertiary alicyclic amines) is 1. The number of carbonyl (C=O) groups is 1. The molecular formula is C15H21FN2O5S. The Hall–Kier alpha value is -1.71. The first kappa shape index (κ1) is 18.6. The molecule has 1 heterocycles. The fourth-order valence-corrected chi connectivity index (χ4v) is 3.75. The van der Waals surface area contributed by atoms with Gasteiger partial charge in [-0.05, 0) is 18.2 Å². The van der Waals surface area contributed by atoms with E-state index in [1.807, 2.05) is 0 Å². The number of benzene rings is 1. The highest BCUT2D eigenvalue weighted by Crippen LogP contribution is 2.24. The van der Waals surface area contributed by atoms with Gasteiger partial charge < -0.3 is 14.7 Å². The van der Waals surface area contributed by atoms with E-state index in [9.17, 15) is 22.7 Å². The first-order valence-corrected chi connectivity index (χ1v) is 8.97. The molecule has 1 aromatic carbocycles. The average molecular weight is 360 g/mol. The van der Waals surface area contributed by atoms with E-state index in [-0.39, 0.29) is 30.2 Å². The Labute approximate surface area is 140 Å². The van der Waals surface area contributed by atoms with Gasteiger partial charge in [-0.15, -0.1) is 0 Å². The minimum absolute atomic E-state index is 0.0339. The molecule has 1 fully saturated rings. The maximum atomic E-state index is 13.4. The number of halogens is 1. The van der Waals surface area contributed by atoms with Crippen molar-refractivity contribution in [2.75, 3.05) is 40.0 Å². The number of aliphatic hydroxyl groups excluding tert-OH is 1. The van der Waals surface area contributed by atoms with Gasteiger partial charge in [-0.2, -0.15) is 0 Å². The number of sulfonamides is 1. The Morgan fingerprint density at radius 2 is 2.08 bits per heavy atom. The molecule has 1 aliphatic heterocycles. The van der Waals surface area contributed by atoms with E-state index in [4.69, 9.17) is 4.74 Å². The van der Waals surface area contributed by atoms with Crippen molar-refractivity contribution >= 4 is 15.9 Å². The second-order valence-electron chi connectivity index (χ2n) is 5.95. The molecule has 1 amide bonds. The monoisotopic (exact) mass is 360 g/mol. The van der Waals surface area contributed by atoms with Gasteiger partial charge in [0.15, 0.2) is 11.6 Å². The molecule has 0 bridgehead atoms. The zero-order chi connectivity index (χ0) is 18.1. The van der Waals surface area contributed by atoms with Crippen LogP contribution in [0.3, 0.4) is 0 Å². The normalized spacial score (nSPS) is 21.3. The van der Waals surface area contributed by atoms with Crippen molar-refractivity contribution in [1.29, 1.82) is 0 Å². The molecule has 0 spiro atoms. The van der Waals surface area contributed by atoms with Crippen molar-refractivity contribution in [2.24, 2.45) is 5.92 Å². The van der Waals surface area contributed by atoms with Gasteiger partial charge in [-0.3, -0.25) is 4.79 Å². The Balaban J connectivity index is 2.13. The Morgan fingerprint density at radius 1 is 1.42 bits per heavy atom. The minimum atomic E-state index is -3.48. The summed E-state index contributed by atoms with van der Waals surface area (Å²) in [6, 6.07) is 3.75. The van der Waals surface area contributed by atoms with Crippen LogP contribution < -0.4 is 4.74 Å². The van der Waals surface area contributed by atoms with E-state index in [1.165, 1.54) is 38.2 Å². The molecule has 0 radical (unpaired) electrons. The van der Waals surface area contributed by atoms with Crippen LogP contribution in [0.5, 0.6) is 5.75 Å². The molecule has 1 aromatic rings. The second kappa shape index (κ2) is 7.04. The molecule has 134 valence electrons. The number of rotatable bonds is 5. The van der Waals surface area contributed by atoms with Gasteiger partial charge in [-0.1, -0.05) is 0 Å². The molecule has 1 N–H and O–H groups in total. The van der Waals surface area contributed by atoms with Crippen molar-refractivity contribution in [2.45, 2.75) is 6.10 Å². The lowest BCUT2D eigenvalue weighted by molar-refractivity contribution is 0.0764. The first-order valence-electron chi connectivity index (χ1n) is 7.36. The van der Waals surface area contributed by atoms with Crippen molar-refractivity contribution < 1.29 is 27.4 Å². The van der Waals surface area contributed by atoms with E-state index in [2.05, 4.69) is 0 Å². The summed E-state index contributed by atoms with van der Waals surface area (Å²) in [4.78, 5) is 13.9. The molecule has 24 heavy (non-hydrogen) atoms. The summed E-state index contributed by atoms with van der Waals surface area (Å²) in [5.74, 6) is -1.84. The van der Waals surface area contributed by atoms with E-state index in [0.29, 0.717) is 0 Å². The molecular weight excluding hydrogens is 339 g/mol. The van der Waals surface area contributed by atoms with E-state index < -0.39 is 33.8 Å².